The summed E-state index contributed by atoms with van der Waals surface area (Å²) in [6.07, 6.45) is 1.04. The van der Waals surface area contributed by atoms with Crippen LogP contribution in [0, 0.1) is 0 Å². The summed E-state index contributed by atoms with van der Waals surface area (Å²) in [7, 11) is 0. The van der Waals surface area contributed by atoms with E-state index in [1.165, 1.54) is 0 Å². The zero-order valence-electron chi connectivity index (χ0n) is 5.55. The predicted molar refractivity (Wildman–Crippen MR) is 32.7 cm³/mol. The fourth-order valence-corrected chi connectivity index (χ4v) is 0.384. The van der Waals surface area contributed by atoms with Gasteiger partial charge < -0.3 is 4.74 Å². The zero-order valence-corrected chi connectivity index (χ0v) is 5.55. The molecule has 0 aliphatic rings. The van der Waals surface area contributed by atoms with Gasteiger partial charge in [-0.25, -0.2) is 0 Å². The van der Waals surface area contributed by atoms with Crippen LogP contribution in [0.5, 0.6) is 0 Å². The van der Waals surface area contributed by atoms with E-state index in [9.17, 15) is 0 Å². The van der Waals surface area contributed by atoms with E-state index >= 15 is 0 Å². The molecule has 0 saturated carbocycles. The Morgan fingerprint density at radius 2 is 2.12 bits per heavy atom. The molecule has 0 heterocycles. The number of nitrogens with zero attached hydrogens (tertiary/aromatic N) is 1. The topological polar surface area (TPSA) is 31.5 Å². The van der Waals surface area contributed by atoms with Gasteiger partial charge in [-0.3, -0.25) is 0 Å². The minimum Gasteiger partial charge on any atom is -0.379 e. The van der Waals surface area contributed by atoms with Gasteiger partial charge in [0.05, 0.1) is 6.10 Å². The second-order valence-corrected chi connectivity index (χ2v) is 2.00. The molecule has 8 heavy (non-hydrogen) atoms. The maximum atomic E-state index is 8.30. The Hall–Kier alpha value is -0.0800. The lowest BCUT2D eigenvalue weighted by Gasteiger charge is -2.04. The van der Waals surface area contributed by atoms with Crippen molar-refractivity contribution in [1.82, 2.24) is 5.73 Å². The smallest absolute Gasteiger partial charge is 0.0518 e. The lowest BCUT2D eigenvalue weighted by molar-refractivity contribution is 0.0780. The molecule has 0 bridgehead atoms. The summed E-state index contributed by atoms with van der Waals surface area (Å²) in [5.41, 5.74) is 8.30. The third kappa shape index (κ3) is 5.92. The molecule has 2 nitrogen and oxygen atoms in total. The van der Waals surface area contributed by atoms with Gasteiger partial charge in [-0.2, -0.15) is 0 Å². The molecular weight excluding hydrogens is 102 g/mol. The molecule has 0 aliphatic heterocycles. The van der Waals surface area contributed by atoms with Gasteiger partial charge in [0.15, 0.2) is 0 Å². The Balaban J connectivity index is 2.72. The molecule has 48 valence electrons. The molecule has 0 aromatic heterocycles. The first kappa shape index (κ1) is 7.92. The van der Waals surface area contributed by atoms with Gasteiger partial charge in [0.25, 0.3) is 0 Å². The monoisotopic (exact) mass is 115 g/mol. The van der Waals surface area contributed by atoms with E-state index in [-0.39, 0.29) is 6.54 Å². The first-order valence-corrected chi connectivity index (χ1v) is 3.00. The highest BCUT2D eigenvalue weighted by molar-refractivity contribution is 4.38. The number of ether oxygens (including phenoxy) is 1. The summed E-state index contributed by atoms with van der Waals surface area (Å²) < 4.78 is 5.12. The minimum atomic E-state index is 0.229. The van der Waals surface area contributed by atoms with Crippen molar-refractivity contribution in [2.75, 3.05) is 13.2 Å². The quantitative estimate of drug-likeness (QED) is 0.500. The first-order chi connectivity index (χ1) is 3.77. The van der Waals surface area contributed by atoms with Crippen molar-refractivity contribution in [3.8, 4) is 0 Å². The Morgan fingerprint density at radius 1 is 1.50 bits per heavy atom. The van der Waals surface area contributed by atoms with Crippen LogP contribution in [-0.2, 0) is 4.74 Å². The third-order valence-electron chi connectivity index (χ3n) is 0.754. The molecule has 0 saturated heterocycles. The number of hydrogen-bond acceptors (Lipinski definition) is 1. The average molecular weight is 115 g/mol. The first-order valence-electron chi connectivity index (χ1n) is 3.00. The highest BCUT2D eigenvalue weighted by atomic mass is 16.5. The molecule has 0 amide bonds. The molecule has 0 aliphatic carbocycles. The van der Waals surface area contributed by atoms with Crippen LogP contribution in [0.2, 0.25) is 0 Å². The van der Waals surface area contributed by atoms with Crippen LogP contribution < -0.4 is 5.73 Å². The summed E-state index contributed by atoms with van der Waals surface area (Å²) in [5, 5.41) is 0. The molecule has 0 unspecified atom stereocenters. The zero-order chi connectivity index (χ0) is 6.41. The molecule has 2 radical (unpaired) electrons. The van der Waals surface area contributed by atoms with Crippen LogP contribution in [0.15, 0.2) is 0 Å². The van der Waals surface area contributed by atoms with Crippen molar-refractivity contribution in [3.05, 3.63) is 0 Å². The van der Waals surface area contributed by atoms with E-state index in [0.717, 1.165) is 6.42 Å². The van der Waals surface area contributed by atoms with Gasteiger partial charge in [0.2, 0.25) is 0 Å². The third-order valence-corrected chi connectivity index (χ3v) is 0.754. The van der Waals surface area contributed by atoms with Crippen molar-refractivity contribution in [2.24, 2.45) is 0 Å². The Bertz CT molecular complexity index is 45.8. The molecule has 0 aromatic rings. The van der Waals surface area contributed by atoms with Crippen LogP contribution in [0.1, 0.15) is 20.3 Å². The highest BCUT2D eigenvalue weighted by Gasteiger charge is 1.89. The molecule has 0 aromatic carbocycles. The molecule has 0 rings (SSSR count). The van der Waals surface area contributed by atoms with E-state index < -0.39 is 0 Å². The molecule has 2 heteroatoms. The maximum absolute atomic E-state index is 8.30. The predicted octanol–water partition coefficient (Wildman–Crippen LogP) is 0.870. The van der Waals surface area contributed by atoms with Crippen LogP contribution in [0.25, 0.3) is 0 Å². The number of rotatable bonds is 4. The summed E-state index contributed by atoms with van der Waals surface area (Å²) in [4.78, 5) is 0. The van der Waals surface area contributed by atoms with E-state index in [1.807, 2.05) is 13.8 Å². The van der Waals surface area contributed by atoms with Crippen molar-refractivity contribution in [2.45, 2.75) is 26.4 Å². The van der Waals surface area contributed by atoms with Gasteiger partial charge in [-0.15, -0.1) is 5.73 Å². The molecule has 0 N–H and O–H groups in total. The van der Waals surface area contributed by atoms with Gasteiger partial charge in [-0.1, -0.05) is 0 Å². The lowest BCUT2D eigenvalue weighted by atomic mass is 10.4. The largest absolute Gasteiger partial charge is 0.379 e. The molecule has 0 fully saturated rings. The maximum Gasteiger partial charge on any atom is 0.0518 e. The Kier molecular flexibility index (Phi) is 5.01. The van der Waals surface area contributed by atoms with Gasteiger partial charge in [0.1, 0.15) is 0 Å². The van der Waals surface area contributed by atoms with E-state index in [0.29, 0.717) is 12.7 Å². The van der Waals surface area contributed by atoms with Crippen molar-refractivity contribution in [1.29, 1.82) is 0 Å². The Labute approximate surface area is 51.0 Å². The molecule has 0 atom stereocenters. The van der Waals surface area contributed by atoms with Crippen molar-refractivity contribution in [3.63, 3.8) is 0 Å². The van der Waals surface area contributed by atoms with Crippen molar-refractivity contribution >= 4 is 0 Å². The fraction of sp³-hybridized carbons (Fsp3) is 1.00. The molecular formula is C6H13NO. The second-order valence-electron chi connectivity index (χ2n) is 2.00. The van der Waals surface area contributed by atoms with Crippen molar-refractivity contribution < 1.29 is 4.74 Å². The second kappa shape index (κ2) is 5.06. The summed E-state index contributed by atoms with van der Waals surface area (Å²) in [6, 6.07) is 0. The van der Waals surface area contributed by atoms with Gasteiger partial charge >= 0.3 is 0 Å². The van der Waals surface area contributed by atoms with Crippen LogP contribution in [0.4, 0.5) is 0 Å². The summed E-state index contributed by atoms with van der Waals surface area (Å²) in [6.45, 7) is 4.87. The number of hydrogen-bond donors (Lipinski definition) is 0. The highest BCUT2D eigenvalue weighted by Crippen LogP contribution is 1.87. The normalized spacial score (nSPS) is 10.5. The molecule has 0 spiro atoms. The van der Waals surface area contributed by atoms with E-state index in [1.54, 1.807) is 0 Å². The summed E-state index contributed by atoms with van der Waals surface area (Å²) in [5.74, 6) is 0. The average Bonchev–Trinajstić information content (AvgIpc) is 1.66. The lowest BCUT2D eigenvalue weighted by Crippen LogP contribution is -2.05. The van der Waals surface area contributed by atoms with E-state index in [2.05, 4.69) is 0 Å². The SMILES string of the molecule is CC(C)OCCC[N]. The van der Waals surface area contributed by atoms with Crippen LogP contribution in [-0.4, -0.2) is 19.3 Å². The van der Waals surface area contributed by atoms with Gasteiger partial charge in [0, 0.05) is 13.2 Å². The Morgan fingerprint density at radius 3 is 2.50 bits per heavy atom. The minimum absolute atomic E-state index is 0.229. The van der Waals surface area contributed by atoms with Crippen LogP contribution >= 0.6 is 0 Å². The van der Waals surface area contributed by atoms with E-state index in [4.69, 9.17) is 10.5 Å². The standard InChI is InChI=1S/C6H13NO/c1-6(2)8-5-3-4-7/h6H,3-5H2,1-2H3. The fourth-order valence-electron chi connectivity index (χ4n) is 0.384. The van der Waals surface area contributed by atoms with Gasteiger partial charge in [-0.05, 0) is 20.3 Å². The summed E-state index contributed by atoms with van der Waals surface area (Å²) >= 11 is 0. The van der Waals surface area contributed by atoms with Crippen LogP contribution in [0.3, 0.4) is 0 Å².